The van der Waals surface area contributed by atoms with Gasteiger partial charge in [0.1, 0.15) is 5.75 Å². The molecule has 2 aromatic rings. The molecule has 3 heteroatoms. The van der Waals surface area contributed by atoms with Crippen molar-refractivity contribution in [2.75, 3.05) is 7.11 Å². The quantitative estimate of drug-likeness (QED) is 0.889. The normalized spacial score (nSPS) is 22.1. The van der Waals surface area contributed by atoms with Crippen LogP contribution >= 0.6 is 0 Å². The van der Waals surface area contributed by atoms with E-state index in [1.807, 2.05) is 25.1 Å². The van der Waals surface area contributed by atoms with E-state index in [2.05, 4.69) is 30.4 Å². The minimum Gasteiger partial charge on any atom is -0.497 e. The Morgan fingerprint density at radius 3 is 2.58 bits per heavy atom. The number of hydrogen-bond donors (Lipinski definition) is 1. The van der Waals surface area contributed by atoms with Crippen LogP contribution in [0.25, 0.3) is 10.8 Å². The standard InChI is InChI=1S/C21H27NO2/c1-14-6-4-5-7-20(14)22-21(23)15(2)16-8-9-18-13-19(24-3)11-10-17(18)12-16/h8-15,20H,4-7H2,1-3H3,(H,22,23)/t14-,15-,20+/m0/s1. The average Bonchev–Trinajstić information content (AvgIpc) is 2.62. The molecule has 1 aliphatic carbocycles. The highest BCUT2D eigenvalue weighted by atomic mass is 16.5. The minimum absolute atomic E-state index is 0.134. The van der Waals surface area contributed by atoms with Crippen molar-refractivity contribution >= 4 is 16.7 Å². The highest BCUT2D eigenvalue weighted by Crippen LogP contribution is 2.27. The van der Waals surface area contributed by atoms with Crippen molar-refractivity contribution in [1.82, 2.24) is 5.32 Å². The first-order valence-electron chi connectivity index (χ1n) is 8.96. The molecule has 1 saturated carbocycles. The number of amides is 1. The summed E-state index contributed by atoms with van der Waals surface area (Å²) in [5.74, 6) is 1.44. The highest BCUT2D eigenvalue weighted by molar-refractivity contribution is 5.88. The van der Waals surface area contributed by atoms with Crippen LogP contribution < -0.4 is 10.1 Å². The highest BCUT2D eigenvalue weighted by Gasteiger charge is 2.25. The fourth-order valence-corrected chi connectivity index (χ4v) is 3.63. The summed E-state index contributed by atoms with van der Waals surface area (Å²) >= 11 is 0. The lowest BCUT2D eigenvalue weighted by molar-refractivity contribution is -0.123. The van der Waals surface area contributed by atoms with Gasteiger partial charge >= 0.3 is 0 Å². The molecule has 0 bridgehead atoms. The fourth-order valence-electron chi connectivity index (χ4n) is 3.63. The predicted molar refractivity (Wildman–Crippen MR) is 98.5 cm³/mol. The molecule has 1 fully saturated rings. The zero-order valence-electron chi connectivity index (χ0n) is 14.8. The Morgan fingerprint density at radius 1 is 1.12 bits per heavy atom. The molecule has 0 spiro atoms. The van der Waals surface area contributed by atoms with E-state index in [1.54, 1.807) is 7.11 Å². The number of benzene rings is 2. The Balaban J connectivity index is 1.74. The van der Waals surface area contributed by atoms with E-state index in [0.29, 0.717) is 12.0 Å². The number of ether oxygens (including phenoxy) is 1. The Morgan fingerprint density at radius 2 is 1.83 bits per heavy atom. The first-order valence-corrected chi connectivity index (χ1v) is 8.96. The van der Waals surface area contributed by atoms with Crippen LogP contribution in [0.1, 0.15) is 51.0 Å². The molecular weight excluding hydrogens is 298 g/mol. The first kappa shape index (κ1) is 16.8. The summed E-state index contributed by atoms with van der Waals surface area (Å²) in [7, 11) is 1.67. The van der Waals surface area contributed by atoms with Crippen molar-refractivity contribution in [2.24, 2.45) is 5.92 Å². The van der Waals surface area contributed by atoms with E-state index in [0.717, 1.165) is 28.5 Å². The molecule has 1 N–H and O–H groups in total. The zero-order chi connectivity index (χ0) is 17.1. The molecule has 2 aromatic carbocycles. The van der Waals surface area contributed by atoms with Crippen molar-refractivity contribution in [2.45, 2.75) is 51.5 Å². The maximum absolute atomic E-state index is 12.7. The van der Waals surface area contributed by atoms with E-state index in [4.69, 9.17) is 4.74 Å². The second-order valence-corrected chi connectivity index (χ2v) is 7.07. The van der Waals surface area contributed by atoms with Gasteiger partial charge in [-0.25, -0.2) is 0 Å². The Labute approximate surface area is 144 Å². The Kier molecular flexibility index (Phi) is 5.08. The van der Waals surface area contributed by atoms with Gasteiger partial charge in [0, 0.05) is 6.04 Å². The van der Waals surface area contributed by atoms with Crippen LogP contribution in [-0.4, -0.2) is 19.1 Å². The van der Waals surface area contributed by atoms with Crippen molar-refractivity contribution in [3.05, 3.63) is 42.0 Å². The molecule has 1 aliphatic rings. The number of hydrogen-bond acceptors (Lipinski definition) is 2. The van der Waals surface area contributed by atoms with E-state index < -0.39 is 0 Å². The summed E-state index contributed by atoms with van der Waals surface area (Å²) in [4.78, 5) is 12.7. The number of nitrogens with one attached hydrogen (secondary N) is 1. The summed E-state index contributed by atoms with van der Waals surface area (Å²) in [6, 6.07) is 12.6. The Hall–Kier alpha value is -2.03. The number of carbonyl (C=O) groups excluding carboxylic acids is 1. The lowest BCUT2D eigenvalue weighted by Gasteiger charge is -2.30. The smallest absolute Gasteiger partial charge is 0.227 e. The van der Waals surface area contributed by atoms with Gasteiger partial charge in [-0.2, -0.15) is 0 Å². The van der Waals surface area contributed by atoms with Gasteiger partial charge in [0.25, 0.3) is 0 Å². The summed E-state index contributed by atoms with van der Waals surface area (Å²) in [5.41, 5.74) is 1.06. The number of methoxy groups -OCH3 is 1. The molecule has 24 heavy (non-hydrogen) atoms. The van der Waals surface area contributed by atoms with Gasteiger partial charge in [-0.05, 0) is 54.2 Å². The molecule has 3 rings (SSSR count). The molecule has 3 nitrogen and oxygen atoms in total. The Bertz CT molecular complexity index is 725. The third kappa shape index (κ3) is 3.55. The van der Waals surface area contributed by atoms with Gasteiger partial charge in [-0.3, -0.25) is 4.79 Å². The largest absolute Gasteiger partial charge is 0.497 e. The average molecular weight is 325 g/mol. The minimum atomic E-state index is -0.134. The summed E-state index contributed by atoms with van der Waals surface area (Å²) in [6.45, 7) is 4.24. The third-order valence-electron chi connectivity index (χ3n) is 5.40. The predicted octanol–water partition coefficient (Wildman–Crippen LogP) is 4.65. The monoisotopic (exact) mass is 325 g/mol. The van der Waals surface area contributed by atoms with Crippen molar-refractivity contribution in [1.29, 1.82) is 0 Å². The van der Waals surface area contributed by atoms with Crippen molar-refractivity contribution in [3.63, 3.8) is 0 Å². The maximum Gasteiger partial charge on any atom is 0.227 e. The van der Waals surface area contributed by atoms with Gasteiger partial charge < -0.3 is 10.1 Å². The fraction of sp³-hybridized carbons (Fsp3) is 0.476. The second-order valence-electron chi connectivity index (χ2n) is 7.07. The van der Waals surface area contributed by atoms with Gasteiger partial charge in [0.05, 0.1) is 13.0 Å². The number of fused-ring (bicyclic) bond motifs is 1. The first-order chi connectivity index (χ1) is 11.6. The lowest BCUT2D eigenvalue weighted by atomic mass is 9.85. The molecule has 0 radical (unpaired) electrons. The van der Waals surface area contributed by atoms with Gasteiger partial charge in [-0.1, -0.05) is 44.0 Å². The van der Waals surface area contributed by atoms with Gasteiger partial charge in [0.15, 0.2) is 0 Å². The van der Waals surface area contributed by atoms with Crippen LogP contribution in [0, 0.1) is 5.92 Å². The van der Waals surface area contributed by atoms with E-state index in [-0.39, 0.29) is 11.8 Å². The SMILES string of the molecule is COc1ccc2cc([C@H](C)C(=O)N[C@@H]3CCCC[C@@H]3C)ccc2c1. The van der Waals surface area contributed by atoms with Crippen LogP contribution in [-0.2, 0) is 4.79 Å². The summed E-state index contributed by atoms with van der Waals surface area (Å²) in [5, 5.41) is 5.54. The van der Waals surface area contributed by atoms with Crippen molar-refractivity contribution in [3.8, 4) is 5.75 Å². The molecule has 128 valence electrons. The molecule has 0 saturated heterocycles. The molecule has 0 unspecified atom stereocenters. The third-order valence-corrected chi connectivity index (χ3v) is 5.40. The molecule has 0 aromatic heterocycles. The summed E-state index contributed by atoms with van der Waals surface area (Å²) in [6.07, 6.45) is 4.84. The van der Waals surface area contributed by atoms with E-state index >= 15 is 0 Å². The number of rotatable bonds is 4. The second kappa shape index (κ2) is 7.25. The van der Waals surface area contributed by atoms with Crippen LogP contribution in [0.15, 0.2) is 36.4 Å². The number of carbonyl (C=O) groups is 1. The van der Waals surface area contributed by atoms with Crippen molar-refractivity contribution < 1.29 is 9.53 Å². The van der Waals surface area contributed by atoms with Crippen LogP contribution in [0.4, 0.5) is 0 Å². The lowest BCUT2D eigenvalue weighted by Crippen LogP contribution is -2.42. The van der Waals surface area contributed by atoms with Gasteiger partial charge in [-0.15, -0.1) is 0 Å². The van der Waals surface area contributed by atoms with Crippen LogP contribution in [0.3, 0.4) is 0 Å². The summed E-state index contributed by atoms with van der Waals surface area (Å²) < 4.78 is 5.27. The van der Waals surface area contributed by atoms with E-state index in [1.165, 1.54) is 19.3 Å². The zero-order valence-corrected chi connectivity index (χ0v) is 14.8. The maximum atomic E-state index is 12.7. The van der Waals surface area contributed by atoms with Gasteiger partial charge in [0.2, 0.25) is 5.91 Å². The molecule has 1 amide bonds. The van der Waals surface area contributed by atoms with Crippen LogP contribution in [0.5, 0.6) is 5.75 Å². The van der Waals surface area contributed by atoms with Crippen LogP contribution in [0.2, 0.25) is 0 Å². The molecular formula is C21H27NO2. The van der Waals surface area contributed by atoms with E-state index in [9.17, 15) is 4.79 Å². The molecule has 0 aliphatic heterocycles. The molecule has 3 atom stereocenters. The molecule has 0 heterocycles. The topological polar surface area (TPSA) is 38.3 Å².